The van der Waals surface area contributed by atoms with Gasteiger partial charge in [-0.2, -0.15) is 0 Å². The fourth-order valence-corrected chi connectivity index (χ4v) is 1.02. The average Bonchev–Trinajstić information content (AvgIpc) is 2.30. The topological polar surface area (TPSA) is 63.3 Å². The van der Waals surface area contributed by atoms with Gasteiger partial charge < -0.3 is 10.8 Å². The van der Waals surface area contributed by atoms with Gasteiger partial charge in [0.2, 0.25) is 5.91 Å². The van der Waals surface area contributed by atoms with Crippen LogP contribution in [0.5, 0.6) is 5.75 Å². The Labute approximate surface area is 111 Å². The van der Waals surface area contributed by atoms with Gasteiger partial charge in [-0.05, 0) is 36.1 Å². The summed E-state index contributed by atoms with van der Waals surface area (Å²) in [6.45, 7) is 12.4. The molecule has 0 heterocycles. The summed E-state index contributed by atoms with van der Waals surface area (Å²) in [7, 11) is 0. The van der Waals surface area contributed by atoms with Crippen LogP contribution in [-0.4, -0.2) is 11.0 Å². The Balaban J connectivity index is 0. The van der Waals surface area contributed by atoms with Crippen LogP contribution in [0.1, 0.15) is 57.5 Å². The Hall–Kier alpha value is -1.51. The second-order valence-corrected chi connectivity index (χ2v) is 4.34. The lowest BCUT2D eigenvalue weighted by atomic mass is 10.1. The highest BCUT2D eigenvalue weighted by atomic mass is 16.3. The van der Waals surface area contributed by atoms with Crippen molar-refractivity contribution in [3.63, 3.8) is 0 Å². The van der Waals surface area contributed by atoms with Crippen molar-refractivity contribution in [2.45, 2.75) is 48.0 Å². The summed E-state index contributed by atoms with van der Waals surface area (Å²) in [5.74, 6) is 0.406. The van der Waals surface area contributed by atoms with E-state index in [4.69, 9.17) is 10.8 Å². The van der Waals surface area contributed by atoms with Gasteiger partial charge in [0.25, 0.3) is 0 Å². The van der Waals surface area contributed by atoms with E-state index in [9.17, 15) is 4.79 Å². The molecule has 0 unspecified atom stereocenters. The van der Waals surface area contributed by atoms with E-state index in [1.165, 1.54) is 6.07 Å². The zero-order valence-electron chi connectivity index (χ0n) is 12.4. The number of primary amides is 1. The summed E-state index contributed by atoms with van der Waals surface area (Å²) in [5.41, 5.74) is 6.32. The molecule has 1 aromatic rings. The van der Waals surface area contributed by atoms with Gasteiger partial charge >= 0.3 is 0 Å². The van der Waals surface area contributed by atoms with Crippen LogP contribution in [0, 0.1) is 5.92 Å². The van der Waals surface area contributed by atoms with Crippen molar-refractivity contribution >= 4 is 5.91 Å². The second kappa shape index (κ2) is 10.6. The van der Waals surface area contributed by atoms with Gasteiger partial charge in [-0.3, -0.25) is 4.79 Å². The van der Waals surface area contributed by atoms with Crippen LogP contribution >= 0.6 is 0 Å². The molecule has 0 atom stereocenters. The summed E-state index contributed by atoms with van der Waals surface area (Å²) in [6, 6.07) is 4.66. The molecule has 0 spiro atoms. The Kier molecular flexibility index (Phi) is 11.1. The molecule has 18 heavy (non-hydrogen) atoms. The molecule has 0 aromatic heterocycles. The number of aryl methyl sites for hydroxylation is 1. The molecule has 3 nitrogen and oxygen atoms in total. The second-order valence-electron chi connectivity index (χ2n) is 4.34. The first-order valence-electron chi connectivity index (χ1n) is 6.49. The average molecular weight is 253 g/mol. The van der Waals surface area contributed by atoms with Gasteiger partial charge in [-0.25, -0.2) is 0 Å². The van der Waals surface area contributed by atoms with E-state index < -0.39 is 5.91 Å². The molecule has 0 bridgehead atoms. The smallest absolute Gasteiger partial charge is 0.248 e. The zero-order chi connectivity index (χ0) is 14.7. The summed E-state index contributed by atoms with van der Waals surface area (Å²) in [4.78, 5) is 10.7. The third kappa shape index (κ3) is 9.70. The molecule has 1 rings (SSSR count). The van der Waals surface area contributed by atoms with Crippen LogP contribution in [0.15, 0.2) is 18.2 Å². The Morgan fingerprint density at radius 3 is 2.00 bits per heavy atom. The van der Waals surface area contributed by atoms with E-state index in [0.29, 0.717) is 5.56 Å². The highest BCUT2D eigenvalue weighted by Crippen LogP contribution is 2.15. The van der Waals surface area contributed by atoms with Crippen molar-refractivity contribution in [3.05, 3.63) is 29.3 Å². The Bertz CT molecular complexity index is 344. The highest BCUT2D eigenvalue weighted by molar-refractivity contribution is 5.93. The summed E-state index contributed by atoms with van der Waals surface area (Å²) in [5, 5.41) is 9.17. The highest BCUT2D eigenvalue weighted by Gasteiger charge is 2.03. The van der Waals surface area contributed by atoms with Crippen molar-refractivity contribution < 1.29 is 9.90 Å². The number of aromatic hydroxyl groups is 1. The number of hydrogen-bond donors (Lipinski definition) is 2. The number of carbonyl (C=O) groups is 1. The van der Waals surface area contributed by atoms with Crippen LogP contribution in [0.3, 0.4) is 0 Å². The van der Waals surface area contributed by atoms with E-state index in [0.717, 1.165) is 17.9 Å². The molecular formula is C15H27NO2. The molecule has 0 aliphatic rings. The third-order valence-electron chi connectivity index (χ3n) is 1.67. The van der Waals surface area contributed by atoms with Crippen LogP contribution < -0.4 is 5.73 Å². The van der Waals surface area contributed by atoms with Crippen LogP contribution in [0.25, 0.3) is 0 Å². The van der Waals surface area contributed by atoms with Gasteiger partial charge in [-0.1, -0.05) is 41.5 Å². The van der Waals surface area contributed by atoms with Crippen LogP contribution in [0.4, 0.5) is 0 Å². The molecule has 0 saturated heterocycles. The lowest BCUT2D eigenvalue weighted by molar-refractivity contribution is 0.1000. The standard InChI is InChI=1S/C9H11NO2.C4H10.C2H6/c1-2-6-3-7(9(10)12)5-8(11)4-6;1-4(2)3;1-2/h3-5,11H,2H2,1H3,(H2,10,12);4H,1-3H3;1-2H3. The van der Waals surface area contributed by atoms with E-state index in [1.807, 2.05) is 20.8 Å². The van der Waals surface area contributed by atoms with Gasteiger partial charge in [0.15, 0.2) is 0 Å². The summed E-state index contributed by atoms with van der Waals surface area (Å²) >= 11 is 0. The maximum atomic E-state index is 10.7. The predicted octanol–water partition coefficient (Wildman–Crippen LogP) is 3.74. The van der Waals surface area contributed by atoms with E-state index in [-0.39, 0.29) is 5.75 Å². The molecule has 104 valence electrons. The largest absolute Gasteiger partial charge is 0.508 e. The number of rotatable bonds is 2. The third-order valence-corrected chi connectivity index (χ3v) is 1.67. The molecule has 0 fully saturated rings. The predicted molar refractivity (Wildman–Crippen MR) is 77.9 cm³/mol. The van der Waals surface area contributed by atoms with Crippen LogP contribution in [-0.2, 0) is 6.42 Å². The number of carbonyl (C=O) groups excluding carboxylic acids is 1. The van der Waals surface area contributed by atoms with Crippen molar-refractivity contribution in [2.75, 3.05) is 0 Å². The minimum absolute atomic E-state index is 0.0863. The first-order chi connectivity index (χ1) is 8.36. The maximum absolute atomic E-state index is 10.7. The molecular weight excluding hydrogens is 226 g/mol. The number of amides is 1. The minimum atomic E-state index is -0.513. The zero-order valence-corrected chi connectivity index (χ0v) is 12.4. The quantitative estimate of drug-likeness (QED) is 0.843. The Morgan fingerprint density at radius 2 is 1.67 bits per heavy atom. The van der Waals surface area contributed by atoms with Gasteiger partial charge in [0, 0.05) is 5.56 Å². The van der Waals surface area contributed by atoms with Crippen LogP contribution in [0.2, 0.25) is 0 Å². The lowest BCUT2D eigenvalue weighted by Gasteiger charge is -2.01. The number of benzene rings is 1. The molecule has 0 aliphatic heterocycles. The summed E-state index contributed by atoms with van der Waals surface area (Å²) in [6.07, 6.45) is 0.772. The fourth-order valence-electron chi connectivity index (χ4n) is 1.02. The lowest BCUT2D eigenvalue weighted by Crippen LogP contribution is -2.10. The number of phenols is 1. The minimum Gasteiger partial charge on any atom is -0.508 e. The van der Waals surface area contributed by atoms with Crippen molar-refractivity contribution in [3.8, 4) is 5.75 Å². The van der Waals surface area contributed by atoms with Gasteiger partial charge in [-0.15, -0.1) is 0 Å². The number of hydrogen-bond acceptors (Lipinski definition) is 2. The molecule has 1 aromatic carbocycles. The summed E-state index contributed by atoms with van der Waals surface area (Å²) < 4.78 is 0. The van der Waals surface area contributed by atoms with E-state index >= 15 is 0 Å². The molecule has 0 saturated carbocycles. The SMILES string of the molecule is CC.CC(C)C.CCc1cc(O)cc(C(N)=O)c1. The van der Waals surface area contributed by atoms with E-state index in [1.54, 1.807) is 12.1 Å². The first-order valence-corrected chi connectivity index (χ1v) is 6.49. The monoisotopic (exact) mass is 253 g/mol. The van der Waals surface area contributed by atoms with Gasteiger partial charge in [0.1, 0.15) is 5.75 Å². The van der Waals surface area contributed by atoms with Crippen molar-refractivity contribution in [1.29, 1.82) is 0 Å². The molecule has 0 radical (unpaired) electrons. The fraction of sp³-hybridized carbons (Fsp3) is 0.533. The maximum Gasteiger partial charge on any atom is 0.248 e. The molecule has 1 amide bonds. The number of nitrogens with two attached hydrogens (primary N) is 1. The first kappa shape index (κ1) is 18.8. The molecule has 3 heteroatoms. The molecule has 3 N–H and O–H groups in total. The normalized spacial score (nSPS) is 8.83. The van der Waals surface area contributed by atoms with Crippen molar-refractivity contribution in [1.82, 2.24) is 0 Å². The van der Waals surface area contributed by atoms with Gasteiger partial charge in [0.05, 0.1) is 0 Å². The molecule has 0 aliphatic carbocycles. The number of phenolic OH excluding ortho intramolecular Hbond substituents is 1. The van der Waals surface area contributed by atoms with Crippen molar-refractivity contribution in [2.24, 2.45) is 11.7 Å². The van der Waals surface area contributed by atoms with E-state index in [2.05, 4.69) is 20.8 Å². The Morgan fingerprint density at radius 1 is 1.22 bits per heavy atom.